The van der Waals surface area contributed by atoms with Gasteiger partial charge in [0.15, 0.2) is 5.54 Å². The molecule has 1 aromatic heterocycles. The van der Waals surface area contributed by atoms with Crippen molar-refractivity contribution in [3.8, 4) is 0 Å². The molecule has 1 aliphatic carbocycles. The van der Waals surface area contributed by atoms with Crippen LogP contribution in [0.5, 0.6) is 0 Å². The summed E-state index contributed by atoms with van der Waals surface area (Å²) in [6, 6.07) is 10.1. The van der Waals surface area contributed by atoms with E-state index in [1.54, 1.807) is 18.4 Å². The van der Waals surface area contributed by atoms with Gasteiger partial charge in [-0.25, -0.2) is 4.99 Å². The number of thiophene rings is 1. The Balaban J connectivity index is 1.88. The molecule has 1 aromatic carbocycles. The molecule has 0 saturated carbocycles. The smallest absolute Gasteiger partial charge is 0.289 e. The third kappa shape index (κ3) is 2.31. The molecule has 2 aliphatic rings. The van der Waals surface area contributed by atoms with Crippen LogP contribution in [0.15, 0.2) is 40.7 Å². The zero-order chi connectivity index (χ0) is 17.8. The Morgan fingerprint density at radius 2 is 2.04 bits per heavy atom. The van der Waals surface area contributed by atoms with Gasteiger partial charge in [-0.15, -0.1) is 11.3 Å². The zero-order valence-corrected chi connectivity index (χ0v) is 15.6. The zero-order valence-electron chi connectivity index (χ0n) is 14.8. The minimum atomic E-state index is -0.582. The summed E-state index contributed by atoms with van der Waals surface area (Å²) in [5, 5.41) is 3.50. The van der Waals surface area contributed by atoms with Crippen molar-refractivity contribution in [2.75, 3.05) is 7.05 Å². The average Bonchev–Trinajstić information content (AvgIpc) is 3.18. The van der Waals surface area contributed by atoms with E-state index in [9.17, 15) is 4.91 Å². The number of aliphatic imine (C=N–C) groups is 1. The number of aryl methyl sites for hydroxylation is 1. The molecule has 0 amide bonds. The second-order valence-electron chi connectivity index (χ2n) is 7.22. The van der Waals surface area contributed by atoms with Crippen LogP contribution >= 0.6 is 11.3 Å². The molecule has 6 heteroatoms. The maximum absolute atomic E-state index is 13.1. The summed E-state index contributed by atoms with van der Waals surface area (Å²) in [7, 11) is 1.68. The monoisotopic (exact) mass is 355 g/mol. The summed E-state index contributed by atoms with van der Waals surface area (Å²) in [4.78, 5) is 20.2. The van der Waals surface area contributed by atoms with Crippen LogP contribution in [0, 0.1) is 4.91 Å². The van der Waals surface area contributed by atoms with Crippen molar-refractivity contribution < 1.29 is 4.87 Å². The SMILES string of the molecule is CC(C)c1ccc([C@@H]2[N+](=O)N(C)C(N)=N[C@@]23CCc2ccsc23)cc1. The van der Waals surface area contributed by atoms with Gasteiger partial charge in [-0.3, -0.25) is 0 Å². The highest BCUT2D eigenvalue weighted by Gasteiger charge is 2.60. The predicted molar refractivity (Wildman–Crippen MR) is 101 cm³/mol. The number of benzene rings is 1. The second-order valence-corrected chi connectivity index (χ2v) is 8.14. The summed E-state index contributed by atoms with van der Waals surface area (Å²) >= 11 is 1.68. The quantitative estimate of drug-likeness (QED) is 0.836. The number of nitrogens with two attached hydrogens (primary N) is 1. The highest BCUT2D eigenvalue weighted by atomic mass is 32.1. The largest absolute Gasteiger partial charge is 0.365 e. The second kappa shape index (κ2) is 5.66. The summed E-state index contributed by atoms with van der Waals surface area (Å²) in [5.41, 5.74) is 9.06. The molecule has 0 bridgehead atoms. The van der Waals surface area contributed by atoms with Gasteiger partial charge >= 0.3 is 0 Å². The Labute approximate surface area is 151 Å². The number of nitrogens with zero attached hydrogens (tertiary/aromatic N) is 3. The molecule has 0 radical (unpaired) electrons. The number of hydrazine groups is 1. The average molecular weight is 355 g/mol. The molecular formula is C19H23N4OS+. The lowest BCUT2D eigenvalue weighted by Crippen LogP contribution is -2.53. The molecule has 25 heavy (non-hydrogen) atoms. The molecule has 130 valence electrons. The van der Waals surface area contributed by atoms with E-state index < -0.39 is 11.6 Å². The van der Waals surface area contributed by atoms with E-state index in [1.165, 1.54) is 21.0 Å². The first-order valence-electron chi connectivity index (χ1n) is 8.66. The summed E-state index contributed by atoms with van der Waals surface area (Å²) < 4.78 is 0. The van der Waals surface area contributed by atoms with Crippen LogP contribution in [0.4, 0.5) is 0 Å². The lowest BCUT2D eigenvalue weighted by Gasteiger charge is -2.33. The fourth-order valence-corrected chi connectivity index (χ4v) is 5.13. The summed E-state index contributed by atoms with van der Waals surface area (Å²) in [5.74, 6) is 0.746. The van der Waals surface area contributed by atoms with Crippen LogP contribution < -0.4 is 5.73 Å². The first kappa shape index (κ1) is 16.3. The standard InChI is InChI=1S/C19H23N4OS/c1-12(2)13-4-6-14(7-5-13)16-19(21-18(20)22(3)23(16)24)10-8-15-9-11-25-17(15)19/h4-7,9,11-12,16H,8,10H2,1-3H3,(H2,20,21)/q+1/t16-,19-/m0/s1. The molecule has 0 saturated heterocycles. The molecule has 2 atom stereocenters. The third-order valence-corrected chi connectivity index (χ3v) is 6.57. The van der Waals surface area contributed by atoms with Crippen LogP contribution in [0.3, 0.4) is 0 Å². The van der Waals surface area contributed by atoms with Crippen LogP contribution in [0.1, 0.15) is 53.8 Å². The topological polar surface area (TPSA) is 61.7 Å². The number of fused-ring (bicyclic) bond motifs is 2. The molecule has 4 rings (SSSR count). The normalized spacial score (nSPS) is 25.6. The Kier molecular flexibility index (Phi) is 3.68. The van der Waals surface area contributed by atoms with E-state index in [-0.39, 0.29) is 5.96 Å². The first-order chi connectivity index (χ1) is 11.9. The van der Waals surface area contributed by atoms with Crippen molar-refractivity contribution in [1.29, 1.82) is 0 Å². The molecule has 5 nitrogen and oxygen atoms in total. The Hall–Kier alpha value is -2.21. The number of nitroso groups, excluding NO2 is 1. The van der Waals surface area contributed by atoms with Gasteiger partial charge in [0.25, 0.3) is 12.0 Å². The fraction of sp³-hybridized carbons (Fsp3) is 0.421. The van der Waals surface area contributed by atoms with Gasteiger partial charge < -0.3 is 5.73 Å². The minimum Gasteiger partial charge on any atom is -0.365 e. The molecule has 1 aliphatic heterocycles. The van der Waals surface area contributed by atoms with Crippen molar-refractivity contribution in [2.45, 2.75) is 44.2 Å². The summed E-state index contributed by atoms with van der Waals surface area (Å²) in [6.07, 6.45) is 1.76. The molecule has 2 N–H and O–H groups in total. The van der Waals surface area contributed by atoms with Crippen molar-refractivity contribution >= 4 is 17.3 Å². The van der Waals surface area contributed by atoms with E-state index in [4.69, 9.17) is 10.7 Å². The maximum Gasteiger partial charge on any atom is 0.289 e. The van der Waals surface area contributed by atoms with Crippen molar-refractivity contribution in [1.82, 2.24) is 5.01 Å². The lowest BCUT2D eigenvalue weighted by atomic mass is 9.83. The van der Waals surface area contributed by atoms with Crippen LogP contribution in [0.2, 0.25) is 0 Å². The predicted octanol–water partition coefficient (Wildman–Crippen LogP) is 3.71. The Morgan fingerprint density at radius 1 is 1.32 bits per heavy atom. The van der Waals surface area contributed by atoms with E-state index in [0.29, 0.717) is 5.92 Å². The van der Waals surface area contributed by atoms with Crippen molar-refractivity contribution in [3.05, 3.63) is 62.2 Å². The van der Waals surface area contributed by atoms with E-state index in [1.807, 2.05) is 0 Å². The minimum absolute atomic E-state index is 0.284. The van der Waals surface area contributed by atoms with Crippen LogP contribution in [0.25, 0.3) is 0 Å². The summed E-state index contributed by atoms with van der Waals surface area (Å²) in [6.45, 7) is 4.34. The van der Waals surface area contributed by atoms with Crippen molar-refractivity contribution in [3.63, 3.8) is 0 Å². The van der Waals surface area contributed by atoms with Crippen LogP contribution in [-0.2, 0) is 12.0 Å². The Morgan fingerprint density at radius 3 is 2.72 bits per heavy atom. The molecule has 1 spiro atoms. The highest BCUT2D eigenvalue weighted by molar-refractivity contribution is 7.10. The maximum atomic E-state index is 13.1. The van der Waals surface area contributed by atoms with Gasteiger partial charge in [-0.05, 0) is 41.3 Å². The van der Waals surface area contributed by atoms with Gasteiger partial charge in [0.2, 0.25) is 0 Å². The number of hydrogen-bond acceptors (Lipinski definition) is 4. The molecular weight excluding hydrogens is 332 g/mol. The first-order valence-corrected chi connectivity index (χ1v) is 9.54. The van der Waals surface area contributed by atoms with Crippen molar-refractivity contribution in [2.24, 2.45) is 10.7 Å². The van der Waals surface area contributed by atoms with Gasteiger partial charge in [-0.1, -0.05) is 43.1 Å². The van der Waals surface area contributed by atoms with Gasteiger partial charge in [0.05, 0.1) is 12.0 Å². The molecule has 0 unspecified atom stereocenters. The van der Waals surface area contributed by atoms with Gasteiger partial charge in [-0.2, -0.15) is 0 Å². The highest BCUT2D eigenvalue weighted by Crippen LogP contribution is 2.53. The van der Waals surface area contributed by atoms with Crippen LogP contribution in [-0.4, -0.2) is 22.9 Å². The Bertz CT molecular complexity index is 855. The van der Waals surface area contributed by atoms with Gasteiger partial charge in [0, 0.05) is 10.4 Å². The van der Waals surface area contributed by atoms with E-state index >= 15 is 0 Å². The molecule has 2 aromatic rings. The number of guanidine groups is 1. The molecule has 2 heterocycles. The number of rotatable bonds is 2. The molecule has 0 fully saturated rings. The van der Waals surface area contributed by atoms with Gasteiger partial charge in [0.1, 0.15) is 4.87 Å². The number of hydrogen-bond donors (Lipinski definition) is 1. The fourth-order valence-electron chi connectivity index (χ4n) is 3.98. The van der Waals surface area contributed by atoms with E-state index in [2.05, 4.69) is 49.6 Å². The van der Waals surface area contributed by atoms with E-state index in [0.717, 1.165) is 23.3 Å². The third-order valence-electron chi connectivity index (χ3n) is 5.45. The lowest BCUT2D eigenvalue weighted by molar-refractivity contribution is -0.726.